The average molecular weight is 496 g/mol. The summed E-state index contributed by atoms with van der Waals surface area (Å²) in [5, 5.41) is 1.81. The molecule has 0 bridgehead atoms. The molecule has 0 aliphatic carbocycles. The van der Waals surface area contributed by atoms with Gasteiger partial charge in [0.1, 0.15) is 11.5 Å². The van der Waals surface area contributed by atoms with E-state index in [-0.39, 0.29) is 5.91 Å². The molecule has 0 atom stereocenters. The molecular weight excluding hydrogens is 474 g/mol. The second kappa shape index (κ2) is 9.54. The number of fused-ring (bicyclic) bond motifs is 1. The lowest BCUT2D eigenvalue weighted by Crippen LogP contribution is -2.23. The molecule has 1 aromatic heterocycles. The van der Waals surface area contributed by atoms with Crippen molar-refractivity contribution in [3.05, 3.63) is 72.8 Å². The van der Waals surface area contributed by atoms with Crippen molar-refractivity contribution in [2.75, 3.05) is 23.9 Å². The summed E-state index contributed by atoms with van der Waals surface area (Å²) >= 11 is 5.05. The van der Waals surface area contributed by atoms with Gasteiger partial charge in [-0.05, 0) is 60.2 Å². The van der Waals surface area contributed by atoms with Crippen molar-refractivity contribution in [1.82, 2.24) is 0 Å². The zero-order valence-corrected chi connectivity index (χ0v) is 19.7. The molecule has 0 fully saturated rings. The number of benzene rings is 3. The van der Waals surface area contributed by atoms with Crippen molar-refractivity contribution in [2.24, 2.45) is 0 Å². The first kappa shape index (κ1) is 21.4. The maximum atomic E-state index is 12.9. The highest BCUT2D eigenvalue weighted by Crippen LogP contribution is 2.47. The Hall–Kier alpha value is -2.83. The summed E-state index contributed by atoms with van der Waals surface area (Å²) in [6, 6.07) is 23.8. The monoisotopic (exact) mass is 495 g/mol. The van der Waals surface area contributed by atoms with Gasteiger partial charge in [0, 0.05) is 28.0 Å². The van der Waals surface area contributed by atoms with Gasteiger partial charge >= 0.3 is 0 Å². The van der Waals surface area contributed by atoms with Crippen LogP contribution >= 0.6 is 27.3 Å². The van der Waals surface area contributed by atoms with Crippen molar-refractivity contribution in [3.63, 3.8) is 0 Å². The number of carbonyl (C=O) groups is 1. The minimum Gasteiger partial charge on any atom is -0.497 e. The fraction of sp³-hybridized carbons (Fsp3) is 0.160. The fourth-order valence-corrected chi connectivity index (χ4v) is 4.86. The molecule has 4 rings (SSSR count). The molecule has 0 N–H and O–H groups in total. The molecule has 0 saturated carbocycles. The van der Waals surface area contributed by atoms with Gasteiger partial charge in [0.15, 0.2) is 0 Å². The average Bonchev–Trinajstić information content (AvgIpc) is 3.18. The summed E-state index contributed by atoms with van der Waals surface area (Å²) in [5.41, 5.74) is 2.74. The maximum Gasteiger partial charge on any atom is 0.228 e. The number of amides is 1. The summed E-state index contributed by atoms with van der Waals surface area (Å²) in [4.78, 5) is 15.7. The van der Waals surface area contributed by atoms with Crippen LogP contribution in [-0.2, 0) is 4.79 Å². The zero-order valence-electron chi connectivity index (χ0n) is 17.3. The van der Waals surface area contributed by atoms with Crippen LogP contribution in [0.4, 0.5) is 11.4 Å². The van der Waals surface area contributed by atoms with E-state index in [1.165, 1.54) is 0 Å². The van der Waals surface area contributed by atoms with Crippen LogP contribution in [0.3, 0.4) is 0 Å². The van der Waals surface area contributed by atoms with E-state index in [2.05, 4.69) is 28.1 Å². The van der Waals surface area contributed by atoms with Crippen molar-refractivity contribution < 1.29 is 14.3 Å². The SMILES string of the molecule is COc1ccc(-c2sc3ccccc3c2N(C(C)=O)c2ccc(OCCBr)cc2)cc1. The lowest BCUT2D eigenvalue weighted by atomic mass is 10.1. The van der Waals surface area contributed by atoms with E-state index in [1.807, 2.05) is 60.7 Å². The van der Waals surface area contributed by atoms with Crippen LogP contribution < -0.4 is 14.4 Å². The van der Waals surface area contributed by atoms with Crippen LogP contribution in [0.15, 0.2) is 72.8 Å². The largest absolute Gasteiger partial charge is 0.497 e. The fourth-order valence-electron chi connectivity index (χ4n) is 3.51. The van der Waals surface area contributed by atoms with Gasteiger partial charge in [-0.2, -0.15) is 0 Å². The van der Waals surface area contributed by atoms with Crippen LogP contribution in [0.5, 0.6) is 11.5 Å². The van der Waals surface area contributed by atoms with Crippen molar-refractivity contribution in [2.45, 2.75) is 6.92 Å². The normalized spacial score (nSPS) is 10.8. The lowest BCUT2D eigenvalue weighted by molar-refractivity contribution is -0.115. The molecule has 0 aliphatic rings. The predicted molar refractivity (Wildman–Crippen MR) is 132 cm³/mol. The molecule has 0 unspecified atom stereocenters. The van der Waals surface area contributed by atoms with Crippen molar-refractivity contribution in [3.8, 4) is 21.9 Å². The lowest BCUT2D eigenvalue weighted by Gasteiger charge is -2.23. The molecule has 6 heteroatoms. The number of ether oxygens (including phenoxy) is 2. The number of hydrogen-bond donors (Lipinski definition) is 0. The highest BCUT2D eigenvalue weighted by molar-refractivity contribution is 9.09. The van der Waals surface area contributed by atoms with Crippen LogP contribution in [0.25, 0.3) is 20.5 Å². The molecule has 3 aromatic carbocycles. The molecule has 158 valence electrons. The highest BCUT2D eigenvalue weighted by Gasteiger charge is 2.24. The topological polar surface area (TPSA) is 38.8 Å². The van der Waals surface area contributed by atoms with Crippen LogP contribution in [-0.4, -0.2) is 25.0 Å². The Bertz CT molecular complexity index is 1190. The third-order valence-electron chi connectivity index (χ3n) is 4.90. The van der Waals surface area contributed by atoms with E-state index in [1.54, 1.807) is 30.3 Å². The van der Waals surface area contributed by atoms with E-state index >= 15 is 0 Å². The first-order valence-electron chi connectivity index (χ1n) is 9.88. The minimum atomic E-state index is -0.0487. The number of methoxy groups -OCH3 is 1. The van der Waals surface area contributed by atoms with Crippen LogP contribution in [0.1, 0.15) is 6.92 Å². The predicted octanol–water partition coefficient (Wildman–Crippen LogP) is 7.04. The Balaban J connectivity index is 1.85. The van der Waals surface area contributed by atoms with E-state index in [9.17, 15) is 4.79 Å². The summed E-state index contributed by atoms with van der Waals surface area (Å²) < 4.78 is 12.1. The molecule has 0 radical (unpaired) electrons. The minimum absolute atomic E-state index is 0.0487. The number of thiophene rings is 1. The van der Waals surface area contributed by atoms with Gasteiger partial charge in [0.25, 0.3) is 0 Å². The third-order valence-corrected chi connectivity index (χ3v) is 6.43. The van der Waals surface area contributed by atoms with Crippen LogP contribution in [0.2, 0.25) is 0 Å². The quantitative estimate of drug-likeness (QED) is 0.258. The number of halogens is 1. The van der Waals surface area contributed by atoms with E-state index < -0.39 is 0 Å². The van der Waals surface area contributed by atoms with Gasteiger partial charge < -0.3 is 9.47 Å². The van der Waals surface area contributed by atoms with E-state index in [4.69, 9.17) is 9.47 Å². The first-order chi connectivity index (χ1) is 15.1. The van der Waals surface area contributed by atoms with E-state index in [0.717, 1.165) is 48.7 Å². The van der Waals surface area contributed by atoms with Gasteiger partial charge in [-0.1, -0.05) is 34.1 Å². The highest BCUT2D eigenvalue weighted by atomic mass is 79.9. The first-order valence-corrected chi connectivity index (χ1v) is 11.8. The molecule has 1 amide bonds. The van der Waals surface area contributed by atoms with Gasteiger partial charge in [-0.25, -0.2) is 0 Å². The summed E-state index contributed by atoms with van der Waals surface area (Å²) in [7, 11) is 1.66. The van der Waals surface area contributed by atoms with Crippen molar-refractivity contribution >= 4 is 54.6 Å². The Labute approximate surface area is 194 Å². The number of hydrogen-bond acceptors (Lipinski definition) is 4. The summed E-state index contributed by atoms with van der Waals surface area (Å²) in [5.74, 6) is 1.53. The zero-order chi connectivity index (χ0) is 21.8. The number of nitrogens with zero attached hydrogens (tertiary/aromatic N) is 1. The van der Waals surface area contributed by atoms with Gasteiger partial charge in [-0.15, -0.1) is 11.3 Å². The maximum absolute atomic E-state index is 12.9. The number of carbonyl (C=O) groups excluding carboxylic acids is 1. The molecule has 0 spiro atoms. The van der Waals surface area contributed by atoms with Gasteiger partial charge in [0.05, 0.1) is 24.3 Å². The molecule has 0 saturated heterocycles. The number of anilines is 2. The Morgan fingerprint density at radius 1 is 0.968 bits per heavy atom. The Morgan fingerprint density at radius 3 is 2.29 bits per heavy atom. The summed E-state index contributed by atoms with van der Waals surface area (Å²) in [6.45, 7) is 2.19. The molecule has 31 heavy (non-hydrogen) atoms. The molecule has 1 heterocycles. The molecule has 0 aliphatic heterocycles. The molecule has 4 nitrogen and oxygen atoms in total. The smallest absolute Gasteiger partial charge is 0.228 e. The Kier molecular flexibility index (Phi) is 6.59. The van der Waals surface area contributed by atoms with Crippen molar-refractivity contribution in [1.29, 1.82) is 0 Å². The second-order valence-corrected chi connectivity index (χ2v) is 8.74. The number of rotatable bonds is 7. The van der Waals surface area contributed by atoms with Gasteiger partial charge in [0.2, 0.25) is 5.91 Å². The number of alkyl halides is 1. The standard InChI is InChI=1S/C25H22BrNO3S/c1-17(28)27(19-9-13-21(14-10-19)30-16-15-26)24-22-5-3-4-6-23(22)31-25(24)18-7-11-20(29-2)12-8-18/h3-14H,15-16H2,1-2H3. The molecule has 4 aromatic rings. The van der Waals surface area contributed by atoms with E-state index in [0.29, 0.717) is 6.61 Å². The summed E-state index contributed by atoms with van der Waals surface area (Å²) in [6.07, 6.45) is 0. The third kappa shape index (κ3) is 4.45. The molecular formula is C25H22BrNO3S. The Morgan fingerprint density at radius 2 is 1.65 bits per heavy atom. The van der Waals surface area contributed by atoms with Crippen LogP contribution in [0, 0.1) is 0 Å². The van der Waals surface area contributed by atoms with Gasteiger partial charge in [-0.3, -0.25) is 9.69 Å². The second-order valence-electron chi connectivity index (χ2n) is 6.89.